The highest BCUT2D eigenvalue weighted by molar-refractivity contribution is 6.06. The standard InChI is InChI=1S/C20H18F3N3O3/c1-19(2)16(4-3-8-25-19)29-15-10-12(20(21,22)23)5-6-14(15)18(28)26-13-7-9-24-17(27)11-13/h3-11,25H,1-2H3,(H2,24,26,27,28). The fraction of sp³-hybridized carbons (Fsp3) is 0.200. The number of pyridine rings is 1. The minimum Gasteiger partial charge on any atom is -0.458 e. The average molecular weight is 405 g/mol. The molecule has 0 fully saturated rings. The number of aromatic amines is 1. The molecule has 1 aromatic heterocycles. The number of carbonyl (C=O) groups excluding carboxylic acids is 1. The van der Waals surface area contributed by atoms with Gasteiger partial charge in [-0.1, -0.05) is 0 Å². The molecule has 0 radical (unpaired) electrons. The maximum absolute atomic E-state index is 13.2. The molecule has 3 N–H and O–H groups in total. The fourth-order valence-corrected chi connectivity index (χ4v) is 2.64. The van der Waals surface area contributed by atoms with Gasteiger partial charge in [-0.3, -0.25) is 9.59 Å². The van der Waals surface area contributed by atoms with Crippen molar-refractivity contribution in [1.29, 1.82) is 0 Å². The number of ether oxygens (including phenoxy) is 1. The highest BCUT2D eigenvalue weighted by Crippen LogP contribution is 2.35. The number of hydrogen-bond acceptors (Lipinski definition) is 4. The van der Waals surface area contributed by atoms with E-state index in [-0.39, 0.29) is 17.0 Å². The molecule has 0 aliphatic carbocycles. The molecule has 3 rings (SSSR count). The quantitative estimate of drug-likeness (QED) is 0.723. The Hall–Kier alpha value is -3.49. The molecule has 0 spiro atoms. The van der Waals surface area contributed by atoms with Gasteiger partial charge in [0.1, 0.15) is 11.5 Å². The van der Waals surface area contributed by atoms with E-state index in [0.29, 0.717) is 5.76 Å². The molecule has 0 atom stereocenters. The van der Waals surface area contributed by atoms with Gasteiger partial charge < -0.3 is 20.4 Å². The van der Waals surface area contributed by atoms with Crippen molar-refractivity contribution in [2.24, 2.45) is 0 Å². The smallest absolute Gasteiger partial charge is 0.416 e. The normalized spacial score (nSPS) is 15.3. The highest BCUT2D eigenvalue weighted by Gasteiger charge is 2.33. The number of rotatable bonds is 4. The van der Waals surface area contributed by atoms with Crippen LogP contribution in [0.2, 0.25) is 0 Å². The van der Waals surface area contributed by atoms with E-state index in [4.69, 9.17) is 4.74 Å². The molecule has 152 valence electrons. The maximum Gasteiger partial charge on any atom is 0.416 e. The predicted octanol–water partition coefficient (Wildman–Crippen LogP) is 3.80. The van der Waals surface area contributed by atoms with Crippen LogP contribution in [0.3, 0.4) is 0 Å². The molecule has 29 heavy (non-hydrogen) atoms. The Morgan fingerprint density at radius 3 is 2.59 bits per heavy atom. The zero-order valence-electron chi connectivity index (χ0n) is 15.6. The summed E-state index contributed by atoms with van der Waals surface area (Å²) in [6, 6.07) is 5.23. The molecule has 1 aliphatic rings. The molecule has 2 heterocycles. The molecule has 0 unspecified atom stereocenters. The van der Waals surface area contributed by atoms with E-state index >= 15 is 0 Å². The van der Waals surface area contributed by atoms with Crippen molar-refractivity contribution in [3.63, 3.8) is 0 Å². The number of nitrogens with one attached hydrogen (secondary N) is 3. The molecule has 6 nitrogen and oxygen atoms in total. The number of anilines is 1. The lowest BCUT2D eigenvalue weighted by atomic mass is 10.00. The van der Waals surface area contributed by atoms with Gasteiger partial charge in [0.05, 0.1) is 16.7 Å². The topological polar surface area (TPSA) is 83.2 Å². The van der Waals surface area contributed by atoms with Crippen LogP contribution in [-0.2, 0) is 6.18 Å². The number of aromatic nitrogens is 1. The van der Waals surface area contributed by atoms with Gasteiger partial charge in [-0.25, -0.2) is 0 Å². The van der Waals surface area contributed by atoms with Crippen molar-refractivity contribution in [2.75, 3.05) is 5.32 Å². The second kappa shape index (κ2) is 7.50. The maximum atomic E-state index is 13.2. The molecule has 1 amide bonds. The zero-order valence-corrected chi connectivity index (χ0v) is 15.6. The van der Waals surface area contributed by atoms with E-state index in [2.05, 4.69) is 15.6 Å². The Labute approximate surface area is 164 Å². The summed E-state index contributed by atoms with van der Waals surface area (Å²) in [5.41, 5.74) is -1.98. The van der Waals surface area contributed by atoms with E-state index in [1.807, 2.05) is 0 Å². The third kappa shape index (κ3) is 4.68. The molecular weight excluding hydrogens is 387 g/mol. The lowest BCUT2D eigenvalue weighted by Gasteiger charge is -2.31. The molecule has 1 aromatic carbocycles. The van der Waals surface area contributed by atoms with Gasteiger partial charge in [-0.05, 0) is 56.5 Å². The number of alkyl halides is 3. The van der Waals surface area contributed by atoms with Gasteiger partial charge in [0, 0.05) is 18.0 Å². The van der Waals surface area contributed by atoms with Crippen LogP contribution in [0.25, 0.3) is 0 Å². The van der Waals surface area contributed by atoms with Crippen LogP contribution in [0, 0.1) is 0 Å². The van der Waals surface area contributed by atoms with Gasteiger partial charge in [0.25, 0.3) is 5.91 Å². The van der Waals surface area contributed by atoms with Crippen LogP contribution >= 0.6 is 0 Å². The summed E-state index contributed by atoms with van der Waals surface area (Å²) in [6.45, 7) is 3.57. The van der Waals surface area contributed by atoms with E-state index in [1.54, 1.807) is 32.2 Å². The molecule has 0 saturated heterocycles. The number of benzene rings is 1. The van der Waals surface area contributed by atoms with Crippen molar-refractivity contribution in [2.45, 2.75) is 25.6 Å². The van der Waals surface area contributed by atoms with Crippen molar-refractivity contribution >= 4 is 11.6 Å². The minimum atomic E-state index is -4.60. The highest BCUT2D eigenvalue weighted by atomic mass is 19.4. The number of halogens is 3. The lowest BCUT2D eigenvalue weighted by Crippen LogP contribution is -2.41. The molecule has 1 aliphatic heterocycles. The van der Waals surface area contributed by atoms with E-state index in [9.17, 15) is 22.8 Å². The first kappa shape index (κ1) is 20.2. The minimum absolute atomic E-state index is 0.107. The van der Waals surface area contributed by atoms with E-state index in [0.717, 1.165) is 24.3 Å². The summed E-state index contributed by atoms with van der Waals surface area (Å²) in [5.74, 6) is -0.625. The first-order chi connectivity index (χ1) is 13.6. The molecule has 2 aromatic rings. The van der Waals surface area contributed by atoms with Gasteiger partial charge in [0.15, 0.2) is 0 Å². The van der Waals surface area contributed by atoms with Crippen LogP contribution in [0.15, 0.2) is 65.4 Å². The summed E-state index contributed by atoms with van der Waals surface area (Å²) in [4.78, 5) is 26.5. The summed E-state index contributed by atoms with van der Waals surface area (Å²) in [7, 11) is 0. The van der Waals surface area contributed by atoms with Crippen molar-refractivity contribution < 1.29 is 22.7 Å². The Balaban J connectivity index is 1.99. The van der Waals surface area contributed by atoms with Crippen LogP contribution in [0.1, 0.15) is 29.8 Å². The zero-order chi connectivity index (χ0) is 21.2. The predicted molar refractivity (Wildman–Crippen MR) is 102 cm³/mol. The lowest BCUT2D eigenvalue weighted by molar-refractivity contribution is -0.137. The fourth-order valence-electron chi connectivity index (χ4n) is 2.64. The summed E-state index contributed by atoms with van der Waals surface area (Å²) in [5, 5.41) is 5.52. The number of hydrogen-bond donors (Lipinski definition) is 3. The summed E-state index contributed by atoms with van der Waals surface area (Å²) >= 11 is 0. The summed E-state index contributed by atoms with van der Waals surface area (Å²) < 4.78 is 45.3. The first-order valence-electron chi connectivity index (χ1n) is 8.60. The number of H-pyrrole nitrogens is 1. The second-order valence-electron chi connectivity index (χ2n) is 6.87. The molecule has 0 saturated carbocycles. The van der Waals surface area contributed by atoms with Crippen LogP contribution < -0.4 is 20.9 Å². The Bertz CT molecular complexity index is 1050. The number of allylic oxidation sites excluding steroid dienone is 2. The largest absolute Gasteiger partial charge is 0.458 e. The van der Waals surface area contributed by atoms with Crippen molar-refractivity contribution in [3.05, 3.63) is 82.1 Å². The van der Waals surface area contributed by atoms with E-state index < -0.39 is 28.7 Å². The van der Waals surface area contributed by atoms with Gasteiger partial charge in [-0.15, -0.1) is 0 Å². The summed E-state index contributed by atoms with van der Waals surface area (Å²) in [6.07, 6.45) is 1.67. The third-order valence-electron chi connectivity index (χ3n) is 4.21. The Morgan fingerprint density at radius 2 is 1.93 bits per heavy atom. The van der Waals surface area contributed by atoms with Crippen LogP contribution in [0.4, 0.5) is 18.9 Å². The average Bonchev–Trinajstić information content (AvgIpc) is 2.62. The Kier molecular flexibility index (Phi) is 5.23. The van der Waals surface area contributed by atoms with Gasteiger partial charge in [-0.2, -0.15) is 13.2 Å². The molecule has 0 bridgehead atoms. The van der Waals surface area contributed by atoms with Crippen LogP contribution in [-0.4, -0.2) is 16.4 Å². The van der Waals surface area contributed by atoms with Crippen molar-refractivity contribution in [1.82, 2.24) is 10.3 Å². The Morgan fingerprint density at radius 1 is 1.17 bits per heavy atom. The second-order valence-corrected chi connectivity index (χ2v) is 6.87. The number of carbonyl (C=O) groups is 1. The van der Waals surface area contributed by atoms with Gasteiger partial charge >= 0.3 is 6.18 Å². The molecular formula is C20H18F3N3O3. The number of amides is 1. The SMILES string of the molecule is CC1(C)NC=CC=C1Oc1cc(C(F)(F)F)ccc1C(=O)Nc1cc[nH]c(=O)c1. The van der Waals surface area contributed by atoms with Crippen molar-refractivity contribution in [3.8, 4) is 5.75 Å². The first-order valence-corrected chi connectivity index (χ1v) is 8.60. The monoisotopic (exact) mass is 405 g/mol. The third-order valence-corrected chi connectivity index (χ3v) is 4.21. The molecule has 9 heteroatoms. The van der Waals surface area contributed by atoms with E-state index in [1.165, 1.54) is 12.3 Å². The van der Waals surface area contributed by atoms with Crippen LogP contribution in [0.5, 0.6) is 5.75 Å². The van der Waals surface area contributed by atoms with Gasteiger partial charge in [0.2, 0.25) is 5.56 Å². The number of dihydropyridines is 1.